The maximum atomic E-state index is 11.0. The largest absolute Gasteiger partial charge is 0.371 e. The summed E-state index contributed by atoms with van der Waals surface area (Å²) in [5, 5.41) is 11.5. The number of alkyl halides is 1. The molecule has 0 bridgehead atoms. The molecule has 110 valence electrons. The van der Waals surface area contributed by atoms with Gasteiger partial charge in [-0.1, -0.05) is 36.7 Å². The van der Waals surface area contributed by atoms with Gasteiger partial charge in [0.1, 0.15) is 0 Å². The standard InChI is InChI=1S/C15H21BrN2O2/c1-15(2,3)12-6-7-17(10-12)13-4-5-14(18(19)20)11(8-13)9-16/h4-5,8,12H,6-7,9-10H2,1-3H3. The molecule has 1 aliphatic heterocycles. The first-order valence-electron chi connectivity index (χ1n) is 6.91. The van der Waals surface area contributed by atoms with Crippen LogP contribution in [0.25, 0.3) is 0 Å². The van der Waals surface area contributed by atoms with Crippen LogP contribution in [0.1, 0.15) is 32.8 Å². The second-order valence-electron chi connectivity index (χ2n) is 6.50. The molecule has 0 radical (unpaired) electrons. The molecule has 4 nitrogen and oxygen atoms in total. The normalized spacial score (nSPS) is 19.4. The number of halogens is 1. The first kappa shape index (κ1) is 15.3. The van der Waals surface area contributed by atoms with Gasteiger partial charge >= 0.3 is 0 Å². The minimum absolute atomic E-state index is 0.192. The van der Waals surface area contributed by atoms with Gasteiger partial charge < -0.3 is 4.90 Å². The van der Waals surface area contributed by atoms with E-state index in [1.807, 2.05) is 12.1 Å². The number of anilines is 1. The van der Waals surface area contributed by atoms with Crippen molar-refractivity contribution in [2.75, 3.05) is 18.0 Å². The van der Waals surface area contributed by atoms with Crippen molar-refractivity contribution < 1.29 is 4.92 Å². The lowest BCUT2D eigenvalue weighted by Crippen LogP contribution is -2.25. The summed E-state index contributed by atoms with van der Waals surface area (Å²) < 4.78 is 0. The highest BCUT2D eigenvalue weighted by molar-refractivity contribution is 9.08. The van der Waals surface area contributed by atoms with Gasteiger partial charge in [0.15, 0.2) is 0 Å². The monoisotopic (exact) mass is 340 g/mol. The molecular formula is C15H21BrN2O2. The molecule has 1 aromatic rings. The Morgan fingerprint density at radius 2 is 2.15 bits per heavy atom. The lowest BCUT2D eigenvalue weighted by atomic mass is 9.80. The smallest absolute Gasteiger partial charge is 0.273 e. The third kappa shape index (κ3) is 3.14. The third-order valence-corrected chi connectivity index (χ3v) is 4.79. The molecular weight excluding hydrogens is 320 g/mol. The highest BCUT2D eigenvalue weighted by Crippen LogP contribution is 2.36. The molecule has 1 heterocycles. The molecule has 1 aromatic carbocycles. The Balaban J connectivity index is 2.21. The van der Waals surface area contributed by atoms with E-state index in [9.17, 15) is 10.1 Å². The van der Waals surface area contributed by atoms with E-state index in [0.717, 1.165) is 24.3 Å². The minimum atomic E-state index is -0.317. The van der Waals surface area contributed by atoms with E-state index in [1.54, 1.807) is 6.07 Å². The summed E-state index contributed by atoms with van der Waals surface area (Å²) in [5.41, 5.74) is 2.34. The Hall–Kier alpha value is -1.10. The van der Waals surface area contributed by atoms with Gasteiger partial charge in [-0.15, -0.1) is 0 Å². The zero-order valence-corrected chi connectivity index (χ0v) is 13.8. The number of hydrogen-bond acceptors (Lipinski definition) is 3. The lowest BCUT2D eigenvalue weighted by Gasteiger charge is -2.27. The summed E-state index contributed by atoms with van der Waals surface area (Å²) >= 11 is 3.34. The van der Waals surface area contributed by atoms with Crippen LogP contribution in [0.15, 0.2) is 18.2 Å². The molecule has 0 amide bonds. The van der Waals surface area contributed by atoms with Crippen LogP contribution in [0.3, 0.4) is 0 Å². The number of nitro groups is 1. The molecule has 1 unspecified atom stereocenters. The van der Waals surface area contributed by atoms with Gasteiger partial charge in [0.25, 0.3) is 5.69 Å². The van der Waals surface area contributed by atoms with Crippen molar-refractivity contribution in [2.24, 2.45) is 11.3 Å². The van der Waals surface area contributed by atoms with Gasteiger partial charge in [0.2, 0.25) is 0 Å². The van der Waals surface area contributed by atoms with Crippen molar-refractivity contribution >= 4 is 27.3 Å². The Bertz CT molecular complexity index is 511. The Morgan fingerprint density at radius 3 is 2.65 bits per heavy atom. The van der Waals surface area contributed by atoms with Gasteiger partial charge in [-0.2, -0.15) is 0 Å². The van der Waals surface area contributed by atoms with E-state index in [2.05, 4.69) is 41.6 Å². The Morgan fingerprint density at radius 1 is 1.45 bits per heavy atom. The average Bonchev–Trinajstić information content (AvgIpc) is 2.87. The number of rotatable bonds is 3. The summed E-state index contributed by atoms with van der Waals surface area (Å²) in [7, 11) is 0. The summed E-state index contributed by atoms with van der Waals surface area (Å²) in [6.45, 7) is 8.90. The molecule has 0 spiro atoms. The Kier molecular flexibility index (Phi) is 4.37. The molecule has 20 heavy (non-hydrogen) atoms. The van der Waals surface area contributed by atoms with Crippen LogP contribution in [0.2, 0.25) is 0 Å². The van der Waals surface area contributed by atoms with Gasteiger partial charge in [-0.25, -0.2) is 0 Å². The maximum absolute atomic E-state index is 11.0. The highest BCUT2D eigenvalue weighted by Gasteiger charge is 2.32. The van der Waals surface area contributed by atoms with Crippen molar-refractivity contribution in [3.63, 3.8) is 0 Å². The lowest BCUT2D eigenvalue weighted by molar-refractivity contribution is -0.385. The second-order valence-corrected chi connectivity index (χ2v) is 7.06. The first-order valence-corrected chi connectivity index (χ1v) is 8.03. The van der Waals surface area contributed by atoms with Crippen molar-refractivity contribution in [2.45, 2.75) is 32.5 Å². The van der Waals surface area contributed by atoms with Crippen LogP contribution in [-0.2, 0) is 5.33 Å². The van der Waals surface area contributed by atoms with E-state index < -0.39 is 0 Å². The minimum Gasteiger partial charge on any atom is -0.371 e. The van der Waals surface area contributed by atoms with Gasteiger partial charge in [-0.05, 0) is 29.9 Å². The van der Waals surface area contributed by atoms with Gasteiger partial charge in [0, 0.05) is 35.7 Å². The molecule has 1 atom stereocenters. The number of hydrogen-bond donors (Lipinski definition) is 0. The molecule has 1 fully saturated rings. The molecule has 2 rings (SSSR count). The van der Waals surface area contributed by atoms with Gasteiger partial charge in [-0.3, -0.25) is 10.1 Å². The zero-order valence-electron chi connectivity index (χ0n) is 12.2. The molecule has 0 aromatic heterocycles. The zero-order chi connectivity index (χ0) is 14.9. The summed E-state index contributed by atoms with van der Waals surface area (Å²) in [5.74, 6) is 0.671. The molecule has 1 aliphatic rings. The van der Waals surface area contributed by atoms with E-state index >= 15 is 0 Å². The van der Waals surface area contributed by atoms with E-state index in [1.165, 1.54) is 6.42 Å². The van der Waals surface area contributed by atoms with E-state index in [0.29, 0.717) is 16.7 Å². The topological polar surface area (TPSA) is 46.4 Å². The highest BCUT2D eigenvalue weighted by atomic mass is 79.9. The second kappa shape index (κ2) is 5.72. The number of benzene rings is 1. The molecule has 1 saturated heterocycles. The van der Waals surface area contributed by atoms with Crippen LogP contribution < -0.4 is 4.90 Å². The number of nitrogens with zero attached hydrogens (tertiary/aromatic N) is 2. The van der Waals surface area contributed by atoms with Crippen molar-refractivity contribution in [1.29, 1.82) is 0 Å². The molecule has 5 heteroatoms. The maximum Gasteiger partial charge on any atom is 0.273 e. The SMILES string of the molecule is CC(C)(C)C1CCN(c2ccc([N+](=O)[O-])c(CBr)c2)C1. The molecule has 0 N–H and O–H groups in total. The third-order valence-electron chi connectivity index (χ3n) is 4.18. The molecule has 0 saturated carbocycles. The van der Waals surface area contributed by atoms with E-state index in [4.69, 9.17) is 0 Å². The fraction of sp³-hybridized carbons (Fsp3) is 0.600. The first-order chi connectivity index (χ1) is 9.32. The summed E-state index contributed by atoms with van der Waals surface area (Å²) in [6.07, 6.45) is 1.18. The van der Waals surface area contributed by atoms with Crippen LogP contribution >= 0.6 is 15.9 Å². The van der Waals surface area contributed by atoms with Crippen molar-refractivity contribution in [1.82, 2.24) is 0 Å². The van der Waals surface area contributed by atoms with Gasteiger partial charge in [0.05, 0.1) is 4.92 Å². The quantitative estimate of drug-likeness (QED) is 0.466. The van der Waals surface area contributed by atoms with Crippen LogP contribution in [0.4, 0.5) is 11.4 Å². The summed E-state index contributed by atoms with van der Waals surface area (Å²) in [6, 6.07) is 5.43. The Labute approximate surface area is 128 Å². The number of nitro benzene ring substituents is 1. The predicted octanol–water partition coefficient (Wildman–Crippen LogP) is 4.36. The van der Waals surface area contributed by atoms with E-state index in [-0.39, 0.29) is 10.6 Å². The molecule has 0 aliphatic carbocycles. The van der Waals surface area contributed by atoms with Crippen molar-refractivity contribution in [3.8, 4) is 0 Å². The van der Waals surface area contributed by atoms with Crippen LogP contribution in [0, 0.1) is 21.4 Å². The summed E-state index contributed by atoms with van der Waals surface area (Å²) in [4.78, 5) is 13.0. The average molecular weight is 341 g/mol. The van der Waals surface area contributed by atoms with Crippen LogP contribution in [-0.4, -0.2) is 18.0 Å². The predicted molar refractivity (Wildman–Crippen MR) is 85.5 cm³/mol. The fourth-order valence-corrected chi connectivity index (χ4v) is 3.20. The van der Waals surface area contributed by atoms with Crippen molar-refractivity contribution in [3.05, 3.63) is 33.9 Å². The van der Waals surface area contributed by atoms with Crippen LogP contribution in [0.5, 0.6) is 0 Å². The fourth-order valence-electron chi connectivity index (χ4n) is 2.76.